The Bertz CT molecular complexity index is 1070. The summed E-state index contributed by atoms with van der Waals surface area (Å²) >= 11 is 2.95. The van der Waals surface area contributed by atoms with E-state index < -0.39 is 0 Å². The van der Waals surface area contributed by atoms with Gasteiger partial charge >= 0.3 is 0 Å². The van der Waals surface area contributed by atoms with Gasteiger partial charge in [-0.25, -0.2) is 4.98 Å². The van der Waals surface area contributed by atoms with Gasteiger partial charge in [-0.3, -0.25) is 9.36 Å². The summed E-state index contributed by atoms with van der Waals surface area (Å²) in [6.45, 7) is 1.40. The molecule has 1 aromatic carbocycles. The summed E-state index contributed by atoms with van der Waals surface area (Å²) in [4.78, 5) is 18.5. The standard InChI is InChI=1S/C22H25N5O3S2/c28-15-9-7-14(8-10-15)20-25-26-22(27(20)12-16-4-3-11-30-16)31-13-19(29)24-21-23-17-5-1-2-6-18(17)32-21/h7-10,16,28H,1-6,11-13H2,(H,23,24,29). The number of aryl methyl sites for hydroxylation is 2. The van der Waals surface area contributed by atoms with E-state index in [9.17, 15) is 9.90 Å². The zero-order valence-electron chi connectivity index (χ0n) is 17.6. The van der Waals surface area contributed by atoms with Crippen molar-refractivity contribution in [2.75, 3.05) is 17.7 Å². The largest absolute Gasteiger partial charge is 0.508 e. The number of nitrogens with one attached hydrogen (secondary N) is 1. The molecule has 1 saturated heterocycles. The smallest absolute Gasteiger partial charge is 0.236 e. The number of hydrogen-bond donors (Lipinski definition) is 2. The number of rotatable bonds is 7. The molecule has 1 aliphatic heterocycles. The molecule has 1 fully saturated rings. The Hall–Kier alpha value is -2.43. The van der Waals surface area contributed by atoms with Crippen molar-refractivity contribution in [2.45, 2.75) is 56.3 Å². The SMILES string of the molecule is O=C(CSc1nnc(-c2ccc(O)cc2)n1CC1CCCO1)Nc1nc2c(s1)CCCC2. The van der Waals surface area contributed by atoms with Crippen LogP contribution in [0.5, 0.6) is 5.75 Å². The summed E-state index contributed by atoms with van der Waals surface area (Å²) < 4.78 is 7.84. The van der Waals surface area contributed by atoms with Crippen LogP contribution in [-0.2, 0) is 28.9 Å². The molecular formula is C22H25N5O3S2. The fourth-order valence-electron chi connectivity index (χ4n) is 4.07. The zero-order valence-corrected chi connectivity index (χ0v) is 19.3. The molecule has 0 saturated carbocycles. The first-order valence-corrected chi connectivity index (χ1v) is 12.7. The molecule has 32 heavy (non-hydrogen) atoms. The normalized spacial score (nSPS) is 17.9. The van der Waals surface area contributed by atoms with E-state index in [1.165, 1.54) is 29.5 Å². The first-order chi connectivity index (χ1) is 15.7. The average Bonchev–Trinajstić information content (AvgIpc) is 3.53. The first-order valence-electron chi connectivity index (χ1n) is 10.9. The van der Waals surface area contributed by atoms with Crippen LogP contribution >= 0.6 is 23.1 Å². The summed E-state index contributed by atoms with van der Waals surface area (Å²) in [5.74, 6) is 1.03. The number of carbonyl (C=O) groups excluding carboxylic acids is 1. The van der Waals surface area contributed by atoms with Crippen molar-refractivity contribution in [1.29, 1.82) is 0 Å². The van der Waals surface area contributed by atoms with E-state index in [2.05, 4.69) is 20.5 Å². The highest BCUT2D eigenvalue weighted by Gasteiger charge is 2.23. The quantitative estimate of drug-likeness (QED) is 0.504. The van der Waals surface area contributed by atoms with Gasteiger partial charge in [-0.05, 0) is 62.8 Å². The van der Waals surface area contributed by atoms with Crippen molar-refractivity contribution in [3.63, 3.8) is 0 Å². The van der Waals surface area contributed by atoms with E-state index >= 15 is 0 Å². The maximum absolute atomic E-state index is 12.6. The Morgan fingerprint density at radius 2 is 2.06 bits per heavy atom. The van der Waals surface area contributed by atoms with Gasteiger partial charge in [-0.2, -0.15) is 0 Å². The minimum absolute atomic E-state index is 0.0982. The van der Waals surface area contributed by atoms with Gasteiger partial charge in [0.2, 0.25) is 5.91 Å². The minimum Gasteiger partial charge on any atom is -0.508 e. The summed E-state index contributed by atoms with van der Waals surface area (Å²) in [5, 5.41) is 22.7. The summed E-state index contributed by atoms with van der Waals surface area (Å²) in [6, 6.07) is 6.90. The fourth-order valence-corrected chi connectivity index (χ4v) is 5.88. The van der Waals surface area contributed by atoms with Crippen LogP contribution in [-0.4, -0.2) is 49.2 Å². The van der Waals surface area contributed by atoms with Gasteiger partial charge in [0.05, 0.1) is 24.1 Å². The third-order valence-corrected chi connectivity index (χ3v) is 7.72. The summed E-state index contributed by atoms with van der Waals surface area (Å²) in [7, 11) is 0. The van der Waals surface area contributed by atoms with E-state index in [0.717, 1.165) is 43.5 Å². The number of nitrogens with zero attached hydrogens (tertiary/aromatic N) is 4. The number of phenolic OH excluding ortho intramolecular Hbond substituents is 1. The van der Waals surface area contributed by atoms with Gasteiger partial charge in [0.1, 0.15) is 5.75 Å². The van der Waals surface area contributed by atoms with E-state index in [0.29, 0.717) is 22.7 Å². The van der Waals surface area contributed by atoms with Crippen molar-refractivity contribution in [3.8, 4) is 17.1 Å². The van der Waals surface area contributed by atoms with Crippen molar-refractivity contribution in [2.24, 2.45) is 0 Å². The molecule has 5 rings (SSSR count). The zero-order chi connectivity index (χ0) is 21.9. The van der Waals surface area contributed by atoms with Crippen LogP contribution in [0.25, 0.3) is 11.4 Å². The number of hydrogen-bond acceptors (Lipinski definition) is 8. The number of ether oxygens (including phenoxy) is 1. The van der Waals surface area contributed by atoms with E-state index in [1.807, 2.05) is 16.7 Å². The van der Waals surface area contributed by atoms with Gasteiger partial charge < -0.3 is 15.2 Å². The van der Waals surface area contributed by atoms with Crippen LogP contribution < -0.4 is 5.32 Å². The highest BCUT2D eigenvalue weighted by molar-refractivity contribution is 7.99. The predicted octanol–water partition coefficient (Wildman–Crippen LogP) is 3.90. The van der Waals surface area contributed by atoms with E-state index in [-0.39, 0.29) is 23.5 Å². The molecule has 2 aromatic heterocycles. The topological polar surface area (TPSA) is 102 Å². The van der Waals surface area contributed by atoms with Crippen LogP contribution in [0.4, 0.5) is 5.13 Å². The Balaban J connectivity index is 1.29. The van der Waals surface area contributed by atoms with Crippen LogP contribution in [0.2, 0.25) is 0 Å². The van der Waals surface area contributed by atoms with Gasteiger partial charge in [0.15, 0.2) is 16.1 Å². The van der Waals surface area contributed by atoms with Crippen LogP contribution in [0.1, 0.15) is 36.3 Å². The van der Waals surface area contributed by atoms with Crippen molar-refractivity contribution >= 4 is 34.1 Å². The molecule has 1 atom stereocenters. The average molecular weight is 472 g/mol. The molecule has 8 nitrogen and oxygen atoms in total. The van der Waals surface area contributed by atoms with Gasteiger partial charge in [0.25, 0.3) is 0 Å². The summed E-state index contributed by atoms with van der Waals surface area (Å²) in [5.41, 5.74) is 2.00. The number of anilines is 1. The number of amides is 1. The van der Waals surface area contributed by atoms with Gasteiger partial charge in [-0.1, -0.05) is 11.8 Å². The highest BCUT2D eigenvalue weighted by atomic mass is 32.2. The van der Waals surface area contributed by atoms with Crippen molar-refractivity contribution in [3.05, 3.63) is 34.8 Å². The molecule has 1 amide bonds. The number of thioether (sulfide) groups is 1. The monoisotopic (exact) mass is 471 g/mol. The van der Waals surface area contributed by atoms with E-state index in [4.69, 9.17) is 4.74 Å². The van der Waals surface area contributed by atoms with Crippen LogP contribution in [0, 0.1) is 0 Å². The minimum atomic E-state index is -0.0982. The molecule has 168 valence electrons. The maximum Gasteiger partial charge on any atom is 0.236 e. The van der Waals surface area contributed by atoms with Gasteiger partial charge in [-0.15, -0.1) is 21.5 Å². The van der Waals surface area contributed by atoms with Crippen molar-refractivity contribution < 1.29 is 14.6 Å². The van der Waals surface area contributed by atoms with Gasteiger partial charge in [0, 0.05) is 17.0 Å². The Kier molecular flexibility index (Phi) is 6.42. The second-order valence-electron chi connectivity index (χ2n) is 8.03. The second kappa shape index (κ2) is 9.60. The molecule has 2 N–H and O–H groups in total. The Morgan fingerprint density at radius 3 is 2.84 bits per heavy atom. The third-order valence-electron chi connectivity index (χ3n) is 5.68. The number of phenols is 1. The second-order valence-corrected chi connectivity index (χ2v) is 10.1. The molecule has 3 heterocycles. The molecule has 1 unspecified atom stereocenters. The Morgan fingerprint density at radius 1 is 1.22 bits per heavy atom. The maximum atomic E-state index is 12.6. The number of fused-ring (bicyclic) bond motifs is 1. The molecule has 0 radical (unpaired) electrons. The number of aromatic hydroxyl groups is 1. The van der Waals surface area contributed by atoms with Crippen LogP contribution in [0.15, 0.2) is 29.4 Å². The molecule has 1 aliphatic carbocycles. The first kappa shape index (κ1) is 21.4. The number of aromatic nitrogens is 4. The summed E-state index contributed by atoms with van der Waals surface area (Å²) in [6.07, 6.45) is 6.58. The Labute approximate surface area is 194 Å². The fraction of sp³-hybridized carbons (Fsp3) is 0.455. The lowest BCUT2D eigenvalue weighted by molar-refractivity contribution is -0.113. The predicted molar refractivity (Wildman–Crippen MR) is 124 cm³/mol. The molecule has 3 aromatic rings. The third kappa shape index (κ3) is 4.82. The number of benzene rings is 1. The van der Waals surface area contributed by atoms with Crippen LogP contribution in [0.3, 0.4) is 0 Å². The lowest BCUT2D eigenvalue weighted by Gasteiger charge is -2.14. The van der Waals surface area contributed by atoms with Crippen molar-refractivity contribution in [1.82, 2.24) is 19.7 Å². The number of thiazole rings is 1. The lowest BCUT2D eigenvalue weighted by atomic mass is 10.0. The molecule has 10 heteroatoms. The molecule has 0 bridgehead atoms. The lowest BCUT2D eigenvalue weighted by Crippen LogP contribution is -2.18. The highest BCUT2D eigenvalue weighted by Crippen LogP contribution is 2.30. The molecular weight excluding hydrogens is 446 g/mol. The molecule has 2 aliphatic rings. The van der Waals surface area contributed by atoms with E-state index in [1.54, 1.807) is 23.5 Å². The number of carbonyl (C=O) groups is 1. The molecule has 0 spiro atoms.